The highest BCUT2D eigenvalue weighted by Crippen LogP contribution is 2.25. The van der Waals surface area contributed by atoms with Gasteiger partial charge in [0.1, 0.15) is 6.61 Å². The van der Waals surface area contributed by atoms with E-state index < -0.39 is 36.5 Å². The number of nitro groups is 1. The van der Waals surface area contributed by atoms with Crippen LogP contribution in [0.2, 0.25) is 0 Å². The fourth-order valence-corrected chi connectivity index (χ4v) is 1.21. The van der Waals surface area contributed by atoms with E-state index in [0.29, 0.717) is 0 Å². The number of halogens is 2. The number of rotatable bonds is 7. The van der Waals surface area contributed by atoms with E-state index in [4.69, 9.17) is 9.84 Å². The summed E-state index contributed by atoms with van der Waals surface area (Å²) in [4.78, 5) is 21.2. The topological polar surface area (TPSA) is 102 Å². The summed E-state index contributed by atoms with van der Waals surface area (Å²) in [7, 11) is 0. The van der Waals surface area contributed by atoms with Gasteiger partial charge in [0.25, 0.3) is 11.8 Å². The second-order valence-corrected chi connectivity index (χ2v) is 3.80. The number of amides is 1. The lowest BCUT2D eigenvalue weighted by atomic mass is 10.3. The molecule has 7 nitrogen and oxygen atoms in total. The van der Waals surface area contributed by atoms with Crippen molar-refractivity contribution in [1.82, 2.24) is 5.32 Å². The lowest BCUT2D eigenvalue weighted by molar-refractivity contribution is -0.385. The van der Waals surface area contributed by atoms with Crippen molar-refractivity contribution in [2.24, 2.45) is 0 Å². The van der Waals surface area contributed by atoms with E-state index >= 15 is 0 Å². The monoisotopic (exact) mass is 290 g/mol. The Morgan fingerprint density at radius 1 is 1.45 bits per heavy atom. The first-order valence-corrected chi connectivity index (χ1v) is 5.47. The zero-order chi connectivity index (χ0) is 15.2. The average Bonchev–Trinajstić information content (AvgIpc) is 2.43. The van der Waals surface area contributed by atoms with Crippen LogP contribution in [0.5, 0.6) is 5.75 Å². The van der Waals surface area contributed by atoms with Gasteiger partial charge in [-0.3, -0.25) is 14.9 Å². The number of hydrogen-bond acceptors (Lipinski definition) is 5. The number of alkyl halides is 2. The Kier molecular flexibility index (Phi) is 5.32. The van der Waals surface area contributed by atoms with E-state index in [0.717, 1.165) is 0 Å². The maximum atomic E-state index is 12.7. The smallest absolute Gasteiger partial charge is 0.310 e. The van der Waals surface area contributed by atoms with E-state index in [-0.39, 0.29) is 11.4 Å². The molecule has 0 atom stereocenters. The lowest BCUT2D eigenvalue weighted by Gasteiger charge is -2.14. The maximum absolute atomic E-state index is 12.7. The van der Waals surface area contributed by atoms with Gasteiger partial charge < -0.3 is 15.2 Å². The third-order valence-electron chi connectivity index (χ3n) is 2.20. The van der Waals surface area contributed by atoms with Crippen LogP contribution in [-0.4, -0.2) is 41.6 Å². The number of carbonyl (C=O) groups excluding carboxylic acids is 1. The first kappa shape index (κ1) is 15.8. The van der Waals surface area contributed by atoms with Crippen molar-refractivity contribution in [3.8, 4) is 5.75 Å². The SMILES string of the molecule is O=C(COc1ccccc1[N+](=O)[O-])NCC(F)(F)CO. The number of carbonyl (C=O) groups is 1. The lowest BCUT2D eigenvalue weighted by Crippen LogP contribution is -2.40. The molecule has 1 aromatic carbocycles. The summed E-state index contributed by atoms with van der Waals surface area (Å²) in [6, 6.07) is 5.37. The highest BCUT2D eigenvalue weighted by molar-refractivity contribution is 5.77. The van der Waals surface area contributed by atoms with Crippen molar-refractivity contribution in [2.75, 3.05) is 19.8 Å². The third kappa shape index (κ3) is 4.76. The Bertz CT molecular complexity index is 495. The van der Waals surface area contributed by atoms with Crippen LogP contribution in [0.1, 0.15) is 0 Å². The number of nitro benzene ring substituents is 1. The van der Waals surface area contributed by atoms with Crippen molar-refractivity contribution < 1.29 is 28.3 Å². The normalized spacial score (nSPS) is 10.9. The van der Waals surface area contributed by atoms with Crippen LogP contribution >= 0.6 is 0 Å². The molecule has 9 heteroatoms. The van der Waals surface area contributed by atoms with Gasteiger partial charge in [-0.1, -0.05) is 12.1 Å². The highest BCUT2D eigenvalue weighted by atomic mass is 19.3. The molecule has 0 aliphatic heterocycles. The summed E-state index contributed by atoms with van der Waals surface area (Å²) in [6.45, 7) is -3.08. The predicted octanol–water partition coefficient (Wildman–Crippen LogP) is 0.717. The zero-order valence-corrected chi connectivity index (χ0v) is 10.2. The number of nitrogens with zero attached hydrogens (tertiary/aromatic N) is 1. The Morgan fingerprint density at radius 2 is 2.10 bits per heavy atom. The first-order valence-electron chi connectivity index (χ1n) is 5.47. The summed E-state index contributed by atoms with van der Waals surface area (Å²) in [5.41, 5.74) is -0.332. The van der Waals surface area contributed by atoms with E-state index in [2.05, 4.69) is 0 Å². The minimum Gasteiger partial charge on any atom is -0.477 e. The maximum Gasteiger partial charge on any atom is 0.310 e. The van der Waals surface area contributed by atoms with Crippen molar-refractivity contribution in [1.29, 1.82) is 0 Å². The number of nitrogens with one attached hydrogen (secondary N) is 1. The van der Waals surface area contributed by atoms with Crippen LogP contribution in [0.3, 0.4) is 0 Å². The van der Waals surface area contributed by atoms with Crippen molar-refractivity contribution in [3.05, 3.63) is 34.4 Å². The average molecular weight is 290 g/mol. The molecule has 20 heavy (non-hydrogen) atoms. The number of hydrogen-bond donors (Lipinski definition) is 2. The second-order valence-electron chi connectivity index (χ2n) is 3.80. The van der Waals surface area contributed by atoms with Gasteiger partial charge in [-0.25, -0.2) is 8.78 Å². The Hall–Kier alpha value is -2.29. The van der Waals surface area contributed by atoms with E-state index in [1.54, 1.807) is 0 Å². The molecule has 0 saturated heterocycles. The molecular formula is C11H12F2N2O5. The highest BCUT2D eigenvalue weighted by Gasteiger charge is 2.28. The molecule has 2 N–H and O–H groups in total. The van der Waals surface area contributed by atoms with Crippen molar-refractivity contribution in [2.45, 2.75) is 5.92 Å². The number of aliphatic hydroxyl groups excluding tert-OH is 1. The Morgan fingerprint density at radius 3 is 2.70 bits per heavy atom. The van der Waals surface area contributed by atoms with Crippen LogP contribution in [0, 0.1) is 10.1 Å². The molecule has 1 amide bonds. The molecule has 0 spiro atoms. The second kappa shape index (κ2) is 6.75. The number of aliphatic hydroxyl groups is 1. The van der Waals surface area contributed by atoms with E-state index in [9.17, 15) is 23.7 Å². The van der Waals surface area contributed by atoms with Crippen LogP contribution in [0.4, 0.5) is 14.5 Å². The predicted molar refractivity (Wildman–Crippen MR) is 63.6 cm³/mol. The largest absolute Gasteiger partial charge is 0.477 e. The minimum absolute atomic E-state index is 0.137. The molecule has 0 aliphatic carbocycles. The molecule has 0 aromatic heterocycles. The van der Waals surface area contributed by atoms with Crippen molar-refractivity contribution in [3.63, 3.8) is 0 Å². The summed E-state index contributed by atoms with van der Waals surface area (Å²) < 4.78 is 30.2. The molecule has 110 valence electrons. The van der Waals surface area contributed by atoms with Gasteiger partial charge >= 0.3 is 5.69 Å². The summed E-state index contributed by atoms with van der Waals surface area (Å²) in [5.74, 6) is -4.44. The molecule has 0 fully saturated rings. The van der Waals surface area contributed by atoms with Gasteiger partial charge in [0.2, 0.25) is 0 Å². The summed E-state index contributed by atoms with van der Waals surface area (Å²) >= 11 is 0. The van der Waals surface area contributed by atoms with Gasteiger partial charge in [-0.05, 0) is 6.07 Å². The molecule has 0 radical (unpaired) electrons. The quantitative estimate of drug-likeness (QED) is 0.569. The van der Waals surface area contributed by atoms with Crippen LogP contribution in [0.15, 0.2) is 24.3 Å². The fraction of sp³-hybridized carbons (Fsp3) is 0.364. The van der Waals surface area contributed by atoms with E-state index in [1.807, 2.05) is 5.32 Å². The van der Waals surface area contributed by atoms with E-state index in [1.165, 1.54) is 24.3 Å². The minimum atomic E-state index is -3.42. The zero-order valence-electron chi connectivity index (χ0n) is 10.2. The van der Waals surface area contributed by atoms with Crippen molar-refractivity contribution >= 4 is 11.6 Å². The van der Waals surface area contributed by atoms with Gasteiger partial charge in [0.15, 0.2) is 12.4 Å². The Balaban J connectivity index is 2.52. The molecule has 1 rings (SSSR count). The van der Waals surface area contributed by atoms with Crippen LogP contribution in [0.25, 0.3) is 0 Å². The third-order valence-corrected chi connectivity index (χ3v) is 2.20. The fourth-order valence-electron chi connectivity index (χ4n) is 1.21. The standard InChI is InChI=1S/C11H12F2N2O5/c12-11(13,7-16)6-14-10(17)5-20-9-4-2-1-3-8(9)15(18)19/h1-4,16H,5-7H2,(H,14,17). The molecule has 0 aliphatic rings. The molecule has 0 unspecified atom stereocenters. The first-order chi connectivity index (χ1) is 9.35. The molecule has 1 aromatic rings. The van der Waals surface area contributed by atoms with Crippen LogP contribution < -0.4 is 10.1 Å². The number of para-hydroxylation sites is 2. The molecular weight excluding hydrogens is 278 g/mol. The summed E-state index contributed by atoms with van der Waals surface area (Å²) in [6.07, 6.45) is 0. The molecule has 0 saturated carbocycles. The van der Waals surface area contributed by atoms with Gasteiger partial charge in [0.05, 0.1) is 11.5 Å². The number of benzene rings is 1. The van der Waals surface area contributed by atoms with Gasteiger partial charge in [0, 0.05) is 6.07 Å². The molecule has 0 heterocycles. The number of ether oxygens (including phenoxy) is 1. The molecule has 0 bridgehead atoms. The Labute approximate surface area is 112 Å². The van der Waals surface area contributed by atoms with Gasteiger partial charge in [-0.2, -0.15) is 0 Å². The van der Waals surface area contributed by atoms with Gasteiger partial charge in [-0.15, -0.1) is 0 Å². The summed E-state index contributed by atoms with van der Waals surface area (Å²) in [5, 5.41) is 20.8. The van der Waals surface area contributed by atoms with Crippen LogP contribution in [-0.2, 0) is 4.79 Å².